The van der Waals surface area contributed by atoms with E-state index < -0.39 is 0 Å². The summed E-state index contributed by atoms with van der Waals surface area (Å²) in [6, 6.07) is 11.2. The Morgan fingerprint density at radius 1 is 1.11 bits per heavy atom. The summed E-state index contributed by atoms with van der Waals surface area (Å²) in [5.41, 5.74) is 1.48. The van der Waals surface area contributed by atoms with Gasteiger partial charge in [-0.15, -0.1) is 0 Å². The van der Waals surface area contributed by atoms with Crippen LogP contribution in [0, 0.1) is 0 Å². The van der Waals surface area contributed by atoms with E-state index in [-0.39, 0.29) is 11.4 Å². The summed E-state index contributed by atoms with van der Waals surface area (Å²) in [6.07, 6.45) is 5.29. The van der Waals surface area contributed by atoms with E-state index in [1.165, 1.54) is 0 Å². The van der Waals surface area contributed by atoms with Gasteiger partial charge in [0.15, 0.2) is 0 Å². The minimum atomic E-state index is -0.233. The molecule has 4 nitrogen and oxygen atoms in total. The van der Waals surface area contributed by atoms with Crippen LogP contribution in [-0.2, 0) is 5.54 Å². The zero-order valence-corrected chi connectivity index (χ0v) is 9.84. The fourth-order valence-corrected chi connectivity index (χ4v) is 2.06. The maximum absolute atomic E-state index is 12.1. The van der Waals surface area contributed by atoms with Crippen molar-refractivity contribution in [1.29, 1.82) is 0 Å². The van der Waals surface area contributed by atoms with E-state index in [4.69, 9.17) is 0 Å². The molecule has 0 aliphatic heterocycles. The van der Waals surface area contributed by atoms with E-state index >= 15 is 0 Å². The Morgan fingerprint density at radius 3 is 2.50 bits per heavy atom. The first-order chi connectivity index (χ1) is 8.80. The van der Waals surface area contributed by atoms with Gasteiger partial charge in [0.05, 0.1) is 11.7 Å². The molecule has 3 rings (SSSR count). The van der Waals surface area contributed by atoms with Gasteiger partial charge in [-0.25, -0.2) is 0 Å². The molecule has 1 heterocycles. The second-order valence-electron chi connectivity index (χ2n) is 4.53. The number of nitrogens with zero attached hydrogens (tertiary/aromatic N) is 2. The van der Waals surface area contributed by atoms with Gasteiger partial charge in [0.2, 0.25) is 0 Å². The summed E-state index contributed by atoms with van der Waals surface area (Å²) < 4.78 is 0. The number of amides is 1. The van der Waals surface area contributed by atoms with Gasteiger partial charge in [-0.05, 0) is 36.6 Å². The minimum Gasteiger partial charge on any atom is -0.342 e. The van der Waals surface area contributed by atoms with E-state index in [0.717, 1.165) is 18.4 Å². The lowest BCUT2D eigenvalue weighted by Crippen LogP contribution is -2.34. The van der Waals surface area contributed by atoms with Gasteiger partial charge >= 0.3 is 0 Å². The normalized spacial score (nSPS) is 16.0. The Bertz CT molecular complexity index is 550. The van der Waals surface area contributed by atoms with Crippen LogP contribution in [0.5, 0.6) is 0 Å². The number of hydrogen-bond donors (Lipinski definition) is 1. The lowest BCUT2D eigenvalue weighted by molar-refractivity contribution is 0.0930. The largest absolute Gasteiger partial charge is 0.342 e. The molecule has 18 heavy (non-hydrogen) atoms. The molecule has 2 aromatic rings. The third kappa shape index (κ3) is 1.97. The zero-order valence-electron chi connectivity index (χ0n) is 9.84. The Labute approximate surface area is 105 Å². The van der Waals surface area contributed by atoms with Crippen LogP contribution in [0.3, 0.4) is 0 Å². The monoisotopic (exact) mass is 239 g/mol. The average molecular weight is 239 g/mol. The molecule has 1 saturated carbocycles. The van der Waals surface area contributed by atoms with Crippen molar-refractivity contribution in [1.82, 2.24) is 15.5 Å². The topological polar surface area (TPSA) is 54.9 Å². The molecular formula is C14H13N3O. The number of hydrogen-bond acceptors (Lipinski definition) is 3. The smallest absolute Gasteiger partial charge is 0.251 e. The maximum Gasteiger partial charge on any atom is 0.251 e. The summed E-state index contributed by atoms with van der Waals surface area (Å²) in [4.78, 5) is 12.1. The van der Waals surface area contributed by atoms with Crippen molar-refractivity contribution < 1.29 is 4.79 Å². The van der Waals surface area contributed by atoms with E-state index in [0.29, 0.717) is 5.56 Å². The molecule has 0 bridgehead atoms. The highest BCUT2D eigenvalue weighted by atomic mass is 16.1. The Balaban J connectivity index is 1.80. The molecule has 1 amide bonds. The van der Waals surface area contributed by atoms with Gasteiger partial charge in [-0.2, -0.15) is 10.2 Å². The Hall–Kier alpha value is -2.23. The SMILES string of the molecule is O=C(NC1(c2ccnnc2)CC1)c1ccccc1. The Kier molecular flexibility index (Phi) is 2.55. The summed E-state index contributed by atoms with van der Waals surface area (Å²) >= 11 is 0. The molecular weight excluding hydrogens is 226 g/mol. The van der Waals surface area contributed by atoms with Crippen LogP contribution in [0.2, 0.25) is 0 Å². The fourth-order valence-electron chi connectivity index (χ4n) is 2.06. The molecule has 0 saturated heterocycles. The molecule has 0 radical (unpaired) electrons. The van der Waals surface area contributed by atoms with Crippen LogP contribution in [0.15, 0.2) is 48.8 Å². The molecule has 0 atom stereocenters. The van der Waals surface area contributed by atoms with E-state index in [1.807, 2.05) is 36.4 Å². The highest BCUT2D eigenvalue weighted by Crippen LogP contribution is 2.45. The average Bonchev–Trinajstić information content (AvgIpc) is 3.22. The third-order valence-electron chi connectivity index (χ3n) is 3.28. The molecule has 1 aliphatic rings. The predicted octanol–water partition coefficient (Wildman–Crippen LogP) is 1.90. The first-order valence-corrected chi connectivity index (χ1v) is 5.95. The first kappa shape index (κ1) is 10.9. The van der Waals surface area contributed by atoms with Gasteiger partial charge in [0.25, 0.3) is 5.91 Å². The maximum atomic E-state index is 12.1. The van der Waals surface area contributed by atoms with Crippen LogP contribution >= 0.6 is 0 Å². The number of benzene rings is 1. The molecule has 1 fully saturated rings. The molecule has 4 heteroatoms. The van der Waals surface area contributed by atoms with Crippen molar-refractivity contribution in [2.45, 2.75) is 18.4 Å². The second kappa shape index (κ2) is 4.22. The molecule has 1 aliphatic carbocycles. The Morgan fingerprint density at radius 2 is 1.89 bits per heavy atom. The lowest BCUT2D eigenvalue weighted by atomic mass is 10.1. The highest BCUT2D eigenvalue weighted by molar-refractivity contribution is 5.95. The van der Waals surface area contributed by atoms with Crippen molar-refractivity contribution >= 4 is 5.91 Å². The van der Waals surface area contributed by atoms with Gasteiger partial charge in [-0.3, -0.25) is 4.79 Å². The van der Waals surface area contributed by atoms with Crippen LogP contribution in [-0.4, -0.2) is 16.1 Å². The molecule has 1 N–H and O–H groups in total. The van der Waals surface area contributed by atoms with E-state index in [1.54, 1.807) is 12.4 Å². The standard InChI is InChI=1S/C14H13N3O/c18-13(11-4-2-1-3-5-11)17-14(7-8-14)12-6-9-15-16-10-12/h1-6,9-10H,7-8H2,(H,17,18). The van der Waals surface area contributed by atoms with Crippen LogP contribution in [0.1, 0.15) is 28.8 Å². The number of carbonyl (C=O) groups excluding carboxylic acids is 1. The first-order valence-electron chi connectivity index (χ1n) is 5.95. The van der Waals surface area contributed by atoms with Crippen LogP contribution in [0.4, 0.5) is 0 Å². The summed E-state index contributed by atoms with van der Waals surface area (Å²) in [5.74, 6) is -0.0371. The van der Waals surface area contributed by atoms with E-state index in [2.05, 4.69) is 15.5 Å². The minimum absolute atomic E-state index is 0.0371. The van der Waals surface area contributed by atoms with Gasteiger partial charge in [0.1, 0.15) is 0 Å². The zero-order chi connectivity index (χ0) is 12.4. The number of aromatic nitrogens is 2. The summed E-state index contributed by atoms with van der Waals surface area (Å²) in [7, 11) is 0. The summed E-state index contributed by atoms with van der Waals surface area (Å²) in [6.45, 7) is 0. The number of nitrogens with one attached hydrogen (secondary N) is 1. The van der Waals surface area contributed by atoms with Crippen LogP contribution in [0.25, 0.3) is 0 Å². The molecule has 0 unspecified atom stereocenters. The van der Waals surface area contributed by atoms with E-state index in [9.17, 15) is 4.79 Å². The van der Waals surface area contributed by atoms with Crippen molar-refractivity contribution in [3.63, 3.8) is 0 Å². The second-order valence-corrected chi connectivity index (χ2v) is 4.53. The fraction of sp³-hybridized carbons (Fsp3) is 0.214. The molecule has 90 valence electrons. The predicted molar refractivity (Wildman–Crippen MR) is 66.9 cm³/mol. The quantitative estimate of drug-likeness (QED) is 0.890. The molecule has 0 spiro atoms. The number of rotatable bonds is 3. The number of carbonyl (C=O) groups is 1. The molecule has 1 aromatic heterocycles. The highest BCUT2D eigenvalue weighted by Gasteiger charge is 2.46. The molecule has 1 aromatic carbocycles. The van der Waals surface area contributed by atoms with Gasteiger partial charge < -0.3 is 5.32 Å². The van der Waals surface area contributed by atoms with Gasteiger partial charge in [0, 0.05) is 11.8 Å². The van der Waals surface area contributed by atoms with Crippen molar-refractivity contribution in [2.24, 2.45) is 0 Å². The van der Waals surface area contributed by atoms with Crippen LogP contribution < -0.4 is 5.32 Å². The third-order valence-corrected chi connectivity index (χ3v) is 3.28. The van der Waals surface area contributed by atoms with Crippen molar-refractivity contribution in [2.75, 3.05) is 0 Å². The van der Waals surface area contributed by atoms with Crippen molar-refractivity contribution in [3.05, 3.63) is 59.9 Å². The van der Waals surface area contributed by atoms with Crippen molar-refractivity contribution in [3.8, 4) is 0 Å². The lowest BCUT2D eigenvalue weighted by Gasteiger charge is -2.17. The van der Waals surface area contributed by atoms with Gasteiger partial charge in [-0.1, -0.05) is 18.2 Å². The summed E-state index contributed by atoms with van der Waals surface area (Å²) in [5, 5.41) is 10.7.